The molecular weight excluding hydrogens is 376 g/mol. The molecule has 2 aromatic carbocycles. The second kappa shape index (κ2) is 7.63. The van der Waals surface area contributed by atoms with Gasteiger partial charge in [0.2, 0.25) is 0 Å². The maximum Gasteiger partial charge on any atom is 0.300 e. The highest BCUT2D eigenvalue weighted by Gasteiger charge is 2.38. The Morgan fingerprint density at radius 3 is 2.38 bits per heavy atom. The lowest BCUT2D eigenvalue weighted by Gasteiger charge is -2.26. The first kappa shape index (κ1) is 19.1. The van der Waals surface area contributed by atoms with Gasteiger partial charge in [-0.25, -0.2) is 0 Å². The highest BCUT2D eigenvalue weighted by Crippen LogP contribution is 2.40. The Morgan fingerprint density at radius 1 is 1.00 bits per heavy atom. The van der Waals surface area contributed by atoms with Gasteiger partial charge in [0.25, 0.3) is 5.78 Å². The van der Waals surface area contributed by atoms with Crippen molar-refractivity contribution in [2.24, 2.45) is 0 Å². The quantitative estimate of drug-likeness (QED) is 0.690. The molecule has 0 radical (unpaired) electrons. The number of amides is 1. The van der Waals surface area contributed by atoms with Gasteiger partial charge in [-0.2, -0.15) is 0 Å². The first-order chi connectivity index (χ1) is 14.0. The number of methoxy groups -OCH3 is 2. The average molecular weight is 398 g/mol. The van der Waals surface area contributed by atoms with E-state index in [1.54, 1.807) is 26.4 Å². The third-order valence-electron chi connectivity index (χ3n) is 4.92. The summed E-state index contributed by atoms with van der Waals surface area (Å²) < 4.78 is 21.7. The maximum atomic E-state index is 12.6. The van der Waals surface area contributed by atoms with Gasteiger partial charge in [-0.15, -0.1) is 0 Å². The van der Waals surface area contributed by atoms with E-state index in [2.05, 4.69) is 0 Å². The third kappa shape index (κ3) is 3.47. The van der Waals surface area contributed by atoms with Gasteiger partial charge in [0, 0.05) is 12.6 Å². The van der Waals surface area contributed by atoms with E-state index in [-0.39, 0.29) is 6.67 Å². The highest BCUT2D eigenvalue weighted by molar-refractivity contribution is 6.52. The Bertz CT molecular complexity index is 974. The molecule has 0 aromatic heterocycles. The molecule has 0 aliphatic carbocycles. The fourth-order valence-electron chi connectivity index (χ4n) is 3.55. The van der Waals surface area contributed by atoms with Crippen LogP contribution in [0.4, 0.5) is 5.69 Å². The minimum absolute atomic E-state index is 0.256. The van der Waals surface area contributed by atoms with Crippen LogP contribution in [0.1, 0.15) is 15.9 Å². The van der Waals surface area contributed by atoms with E-state index in [0.717, 1.165) is 5.56 Å². The van der Waals surface area contributed by atoms with Crippen molar-refractivity contribution in [3.63, 3.8) is 0 Å². The number of fused-ring (bicyclic) bond motifs is 2. The van der Waals surface area contributed by atoms with Crippen molar-refractivity contribution in [2.45, 2.75) is 6.54 Å². The molecule has 0 saturated heterocycles. The molecule has 4 rings (SSSR count). The Hall–Kier alpha value is -3.26. The molecule has 2 aromatic rings. The first-order valence-corrected chi connectivity index (χ1v) is 9.21. The molecule has 0 fully saturated rings. The van der Waals surface area contributed by atoms with E-state index >= 15 is 0 Å². The van der Waals surface area contributed by atoms with E-state index in [1.165, 1.54) is 4.90 Å². The number of rotatable bonds is 6. The average Bonchev–Trinajstić information content (AvgIpc) is 2.96. The van der Waals surface area contributed by atoms with Gasteiger partial charge >= 0.3 is 5.91 Å². The molecule has 2 aliphatic rings. The minimum atomic E-state index is -0.554. The van der Waals surface area contributed by atoms with Crippen molar-refractivity contribution >= 4 is 17.4 Å². The molecule has 2 aliphatic heterocycles. The van der Waals surface area contributed by atoms with Gasteiger partial charge in [-0.1, -0.05) is 6.07 Å². The van der Waals surface area contributed by atoms with Crippen LogP contribution in [0.25, 0.3) is 0 Å². The topological polar surface area (TPSA) is 77.5 Å². The molecule has 0 atom stereocenters. The number of benzene rings is 2. The summed E-state index contributed by atoms with van der Waals surface area (Å²) in [6.07, 6.45) is 0. The summed E-state index contributed by atoms with van der Waals surface area (Å²) in [5, 5.41) is 0. The monoisotopic (exact) mass is 398 g/mol. The smallest absolute Gasteiger partial charge is 0.300 e. The van der Waals surface area contributed by atoms with Crippen LogP contribution < -0.4 is 23.8 Å². The van der Waals surface area contributed by atoms with E-state index in [1.807, 2.05) is 30.1 Å². The molecule has 0 N–H and O–H groups in total. The van der Waals surface area contributed by atoms with Crippen molar-refractivity contribution in [1.82, 2.24) is 4.90 Å². The van der Waals surface area contributed by atoms with Crippen molar-refractivity contribution in [2.75, 3.05) is 46.0 Å². The standard InChI is InChI=1S/C21H22N2O6/c1-22(11-13-4-5-16(26-2)17(8-13)27-3)12-23-15-10-19-18(28-6-7-29-19)9-14(15)20(24)21(23)25/h4-5,8-10H,6-7,11-12H2,1-3H3. The number of hydrogen-bond donors (Lipinski definition) is 0. The van der Waals surface area contributed by atoms with Gasteiger partial charge in [-0.05, 0) is 30.8 Å². The van der Waals surface area contributed by atoms with Crippen molar-refractivity contribution in [3.8, 4) is 23.0 Å². The number of anilines is 1. The van der Waals surface area contributed by atoms with Gasteiger partial charge in [0.05, 0.1) is 32.1 Å². The summed E-state index contributed by atoms with van der Waals surface area (Å²) in [6.45, 7) is 1.67. The fourth-order valence-corrected chi connectivity index (χ4v) is 3.55. The normalized spacial score (nSPS) is 15.0. The summed E-state index contributed by atoms with van der Waals surface area (Å²) in [6, 6.07) is 8.97. The number of ketones is 1. The van der Waals surface area contributed by atoms with Crippen molar-refractivity contribution in [1.29, 1.82) is 0 Å². The minimum Gasteiger partial charge on any atom is -0.493 e. The van der Waals surface area contributed by atoms with Crippen LogP contribution in [0, 0.1) is 0 Å². The zero-order chi connectivity index (χ0) is 20.5. The van der Waals surface area contributed by atoms with Crippen LogP contribution in [-0.2, 0) is 11.3 Å². The number of hydrogen-bond acceptors (Lipinski definition) is 7. The maximum absolute atomic E-state index is 12.6. The SMILES string of the molecule is COc1ccc(CN(C)CN2C(=O)C(=O)c3cc4c(cc32)OCCO4)cc1OC. The zero-order valence-corrected chi connectivity index (χ0v) is 16.6. The summed E-state index contributed by atoms with van der Waals surface area (Å²) in [4.78, 5) is 28.4. The van der Waals surface area contributed by atoms with E-state index in [0.29, 0.717) is 54.0 Å². The van der Waals surface area contributed by atoms with E-state index in [4.69, 9.17) is 18.9 Å². The van der Waals surface area contributed by atoms with Crippen LogP contribution in [0.15, 0.2) is 30.3 Å². The van der Waals surface area contributed by atoms with Gasteiger partial charge in [0.1, 0.15) is 13.2 Å². The molecule has 2 heterocycles. The van der Waals surface area contributed by atoms with E-state index < -0.39 is 11.7 Å². The Morgan fingerprint density at radius 2 is 1.69 bits per heavy atom. The van der Waals surface area contributed by atoms with Gasteiger partial charge < -0.3 is 18.9 Å². The van der Waals surface area contributed by atoms with E-state index in [9.17, 15) is 9.59 Å². The lowest BCUT2D eigenvalue weighted by Crippen LogP contribution is -2.38. The Labute approximate surface area is 168 Å². The molecule has 1 amide bonds. The summed E-state index contributed by atoms with van der Waals surface area (Å²) in [5.74, 6) is 1.25. The van der Waals surface area contributed by atoms with Crippen LogP contribution in [0.3, 0.4) is 0 Å². The van der Waals surface area contributed by atoms with Crippen LogP contribution in [0.5, 0.6) is 23.0 Å². The highest BCUT2D eigenvalue weighted by atomic mass is 16.6. The molecule has 8 heteroatoms. The van der Waals surface area contributed by atoms with Crippen LogP contribution in [-0.4, -0.2) is 57.7 Å². The predicted octanol–water partition coefficient (Wildman–Crippen LogP) is 2.09. The molecular formula is C21H22N2O6. The number of carbonyl (C=O) groups is 2. The fraction of sp³-hybridized carbons (Fsp3) is 0.333. The number of Topliss-reactive ketones (excluding diaryl/α,β-unsaturated/α-hetero) is 1. The molecule has 152 valence electrons. The van der Waals surface area contributed by atoms with Gasteiger partial charge in [0.15, 0.2) is 23.0 Å². The number of nitrogens with zero attached hydrogens (tertiary/aromatic N) is 2. The van der Waals surface area contributed by atoms with Gasteiger partial charge in [-0.3, -0.25) is 19.4 Å². The predicted molar refractivity (Wildman–Crippen MR) is 105 cm³/mol. The lowest BCUT2D eigenvalue weighted by molar-refractivity contribution is -0.114. The third-order valence-corrected chi connectivity index (χ3v) is 4.92. The molecule has 8 nitrogen and oxygen atoms in total. The second-order valence-electron chi connectivity index (χ2n) is 6.92. The summed E-state index contributed by atoms with van der Waals surface area (Å²) >= 11 is 0. The summed E-state index contributed by atoms with van der Waals surface area (Å²) in [7, 11) is 5.05. The Kier molecular flexibility index (Phi) is 5.02. The van der Waals surface area contributed by atoms with Crippen molar-refractivity contribution < 1.29 is 28.5 Å². The summed E-state index contributed by atoms with van der Waals surface area (Å²) in [5.41, 5.74) is 1.88. The first-order valence-electron chi connectivity index (χ1n) is 9.21. The zero-order valence-electron chi connectivity index (χ0n) is 16.6. The number of ether oxygens (including phenoxy) is 4. The molecule has 29 heavy (non-hydrogen) atoms. The lowest BCUT2D eigenvalue weighted by atomic mass is 10.1. The molecule has 0 unspecified atom stereocenters. The van der Waals surface area contributed by atoms with Crippen LogP contribution in [0.2, 0.25) is 0 Å². The Balaban J connectivity index is 1.54. The number of carbonyl (C=O) groups excluding carboxylic acids is 2. The second-order valence-corrected chi connectivity index (χ2v) is 6.92. The molecule has 0 bridgehead atoms. The largest absolute Gasteiger partial charge is 0.493 e. The molecule has 0 spiro atoms. The molecule has 0 saturated carbocycles. The van der Waals surface area contributed by atoms with Crippen LogP contribution >= 0.6 is 0 Å². The van der Waals surface area contributed by atoms with Crippen molar-refractivity contribution in [3.05, 3.63) is 41.5 Å².